The van der Waals surface area contributed by atoms with Gasteiger partial charge in [-0.25, -0.2) is 27.3 Å². The van der Waals surface area contributed by atoms with Gasteiger partial charge in [0.2, 0.25) is 5.82 Å². The molecule has 3 aromatic heterocycles. The van der Waals surface area contributed by atoms with E-state index in [-0.39, 0.29) is 4.90 Å². The first-order chi connectivity index (χ1) is 17.0. The van der Waals surface area contributed by atoms with Crippen LogP contribution in [-0.4, -0.2) is 34.5 Å². The summed E-state index contributed by atoms with van der Waals surface area (Å²) in [6, 6.07) is 19.4. The molecule has 0 saturated carbocycles. The van der Waals surface area contributed by atoms with Gasteiger partial charge >= 0.3 is 0 Å². The molecule has 0 aliphatic rings. The summed E-state index contributed by atoms with van der Waals surface area (Å²) in [5, 5.41) is 0.663. The number of aryl methyl sites for hydroxylation is 1. The van der Waals surface area contributed by atoms with Crippen LogP contribution in [0.3, 0.4) is 0 Å². The summed E-state index contributed by atoms with van der Waals surface area (Å²) in [6.45, 7) is 1.91. The Bertz CT molecular complexity index is 1700. The molecule has 0 radical (unpaired) electrons. The lowest BCUT2D eigenvalue weighted by Gasteiger charge is -2.07. The van der Waals surface area contributed by atoms with Crippen LogP contribution in [0.2, 0.25) is 0 Å². The highest BCUT2D eigenvalue weighted by molar-refractivity contribution is 7.90. The third kappa shape index (κ3) is 4.37. The summed E-state index contributed by atoms with van der Waals surface area (Å²) < 4.78 is 33.2. The Morgan fingerprint density at radius 3 is 2.40 bits per heavy atom. The van der Waals surface area contributed by atoms with Crippen molar-refractivity contribution in [2.75, 3.05) is 7.11 Å². The molecule has 0 aliphatic heterocycles. The Hall–Kier alpha value is -4.48. The number of hydrogen-bond acceptors (Lipinski definition) is 6. The number of pyridine rings is 1. The molecule has 0 amide bonds. The zero-order valence-electron chi connectivity index (χ0n) is 19.0. The zero-order chi connectivity index (χ0) is 24.4. The number of nitrogens with zero attached hydrogens (tertiary/aromatic N) is 4. The molecule has 8 heteroatoms. The molecule has 5 rings (SSSR count). The Kier molecular flexibility index (Phi) is 5.77. The number of aromatic nitrogens is 4. The van der Waals surface area contributed by atoms with E-state index in [0.717, 1.165) is 16.9 Å². The normalized spacial score (nSPS) is 11.1. The summed E-state index contributed by atoms with van der Waals surface area (Å²) in [5.74, 6) is 7.08. The van der Waals surface area contributed by atoms with E-state index in [0.29, 0.717) is 28.1 Å². The van der Waals surface area contributed by atoms with Gasteiger partial charge in [-0.05, 0) is 67.4 Å². The second-order valence-electron chi connectivity index (χ2n) is 7.78. The van der Waals surface area contributed by atoms with Gasteiger partial charge in [-0.15, -0.1) is 0 Å². The van der Waals surface area contributed by atoms with E-state index in [1.807, 2.05) is 37.3 Å². The van der Waals surface area contributed by atoms with Crippen LogP contribution in [0, 0.1) is 18.8 Å². The van der Waals surface area contributed by atoms with Gasteiger partial charge in [0.1, 0.15) is 5.75 Å². The first kappa shape index (κ1) is 22.3. The molecular formula is C27H20N4O3S. The van der Waals surface area contributed by atoms with Crippen molar-refractivity contribution in [1.29, 1.82) is 0 Å². The quantitative estimate of drug-likeness (QED) is 0.353. The van der Waals surface area contributed by atoms with Crippen molar-refractivity contribution in [2.45, 2.75) is 11.8 Å². The highest BCUT2D eigenvalue weighted by atomic mass is 32.2. The maximum atomic E-state index is 13.4. The molecule has 0 N–H and O–H groups in total. The molecule has 0 unspecified atom stereocenters. The molecule has 0 aliphatic carbocycles. The van der Waals surface area contributed by atoms with Crippen LogP contribution in [0.1, 0.15) is 17.0 Å². The molecule has 172 valence electrons. The molecule has 5 aromatic rings. The van der Waals surface area contributed by atoms with Gasteiger partial charge in [0.05, 0.1) is 17.7 Å². The lowest BCUT2D eigenvalue weighted by molar-refractivity contribution is 0.415. The van der Waals surface area contributed by atoms with E-state index in [4.69, 9.17) is 4.74 Å². The highest BCUT2D eigenvalue weighted by Crippen LogP contribution is 2.31. The van der Waals surface area contributed by atoms with E-state index >= 15 is 0 Å². The molecule has 0 saturated heterocycles. The smallest absolute Gasteiger partial charge is 0.269 e. The number of benzene rings is 2. The van der Waals surface area contributed by atoms with Crippen LogP contribution in [0.4, 0.5) is 0 Å². The van der Waals surface area contributed by atoms with Crippen LogP contribution in [0.15, 0.2) is 90.2 Å². The van der Waals surface area contributed by atoms with Crippen LogP contribution in [0.25, 0.3) is 22.3 Å². The van der Waals surface area contributed by atoms with Crippen LogP contribution in [-0.2, 0) is 10.0 Å². The van der Waals surface area contributed by atoms with Gasteiger partial charge in [-0.3, -0.25) is 0 Å². The summed E-state index contributed by atoms with van der Waals surface area (Å²) in [7, 11) is -2.25. The minimum Gasteiger partial charge on any atom is -0.497 e. The van der Waals surface area contributed by atoms with Gasteiger partial charge in [0, 0.05) is 35.1 Å². The monoisotopic (exact) mass is 480 g/mol. The molecule has 0 bridgehead atoms. The third-order valence-corrected chi connectivity index (χ3v) is 7.11. The number of fused-ring (bicyclic) bond motifs is 1. The Morgan fingerprint density at radius 1 is 0.886 bits per heavy atom. The molecule has 7 nitrogen and oxygen atoms in total. The van der Waals surface area contributed by atoms with Crippen molar-refractivity contribution in [1.82, 2.24) is 18.9 Å². The predicted molar refractivity (Wildman–Crippen MR) is 133 cm³/mol. The van der Waals surface area contributed by atoms with Crippen LogP contribution >= 0.6 is 0 Å². The van der Waals surface area contributed by atoms with E-state index in [1.54, 1.807) is 62.1 Å². The minimum atomic E-state index is -3.86. The van der Waals surface area contributed by atoms with Crippen molar-refractivity contribution in [3.8, 4) is 28.8 Å². The van der Waals surface area contributed by atoms with E-state index in [2.05, 4.69) is 26.8 Å². The van der Waals surface area contributed by atoms with E-state index in [9.17, 15) is 8.42 Å². The molecule has 35 heavy (non-hydrogen) atoms. The van der Waals surface area contributed by atoms with Gasteiger partial charge in [-0.1, -0.05) is 23.6 Å². The largest absolute Gasteiger partial charge is 0.497 e. The highest BCUT2D eigenvalue weighted by Gasteiger charge is 2.23. The van der Waals surface area contributed by atoms with E-state index < -0.39 is 10.0 Å². The fraction of sp³-hybridized carbons (Fsp3) is 0.0741. The fourth-order valence-corrected chi connectivity index (χ4v) is 4.94. The number of methoxy groups -OCH3 is 1. The molecule has 0 spiro atoms. The van der Waals surface area contributed by atoms with Crippen molar-refractivity contribution in [3.63, 3.8) is 0 Å². The first-order valence-electron chi connectivity index (χ1n) is 10.7. The molecule has 3 heterocycles. The second kappa shape index (κ2) is 9.05. The zero-order valence-corrected chi connectivity index (χ0v) is 19.8. The standard InChI is InChI=1S/C27H20N4O3S/c1-19-5-12-22(13-6-19)35(32,33)31-18-24(23-4-3-16-29-27(23)31)25-15-17-28-26(30-25)14-9-20-7-10-21(34-2)11-8-20/h3-8,10-13,15-18H,1-2H3. The Balaban J connectivity index is 1.57. The topological polar surface area (TPSA) is 87.0 Å². The molecule has 0 atom stereocenters. The average Bonchev–Trinajstić information content (AvgIpc) is 3.29. The Labute approximate surface area is 203 Å². The van der Waals surface area contributed by atoms with Gasteiger partial charge in [-0.2, -0.15) is 0 Å². The van der Waals surface area contributed by atoms with Crippen molar-refractivity contribution in [3.05, 3.63) is 102 Å². The van der Waals surface area contributed by atoms with Crippen LogP contribution < -0.4 is 4.74 Å². The predicted octanol–water partition coefficient (Wildman–Crippen LogP) is 4.45. The SMILES string of the molecule is COc1ccc(C#Cc2nccc(-c3cn(S(=O)(=O)c4ccc(C)cc4)c4ncccc34)n2)cc1. The second-order valence-corrected chi connectivity index (χ2v) is 9.59. The van der Waals surface area contributed by atoms with Crippen molar-refractivity contribution >= 4 is 21.1 Å². The third-order valence-electron chi connectivity index (χ3n) is 5.45. The first-order valence-corrected chi connectivity index (χ1v) is 12.2. The van der Waals surface area contributed by atoms with E-state index in [1.165, 1.54) is 3.97 Å². The van der Waals surface area contributed by atoms with Crippen molar-refractivity contribution in [2.24, 2.45) is 0 Å². The number of ether oxygens (including phenoxy) is 1. The number of hydrogen-bond donors (Lipinski definition) is 0. The summed E-state index contributed by atoms with van der Waals surface area (Å²) in [5.41, 5.74) is 3.27. The van der Waals surface area contributed by atoms with Crippen molar-refractivity contribution < 1.29 is 13.2 Å². The average molecular weight is 481 g/mol. The summed E-state index contributed by atoms with van der Waals surface area (Å²) in [6.07, 6.45) is 4.73. The molecule has 0 fully saturated rings. The maximum absolute atomic E-state index is 13.4. The fourth-order valence-electron chi connectivity index (χ4n) is 3.61. The summed E-state index contributed by atoms with van der Waals surface area (Å²) in [4.78, 5) is 13.4. The summed E-state index contributed by atoms with van der Waals surface area (Å²) >= 11 is 0. The van der Waals surface area contributed by atoms with Gasteiger partial charge < -0.3 is 4.74 Å². The number of rotatable bonds is 4. The molecule has 2 aromatic carbocycles. The Morgan fingerprint density at radius 2 is 1.66 bits per heavy atom. The molecular weight excluding hydrogens is 460 g/mol. The van der Waals surface area contributed by atoms with Crippen LogP contribution in [0.5, 0.6) is 5.75 Å². The minimum absolute atomic E-state index is 0.186. The lowest BCUT2D eigenvalue weighted by atomic mass is 10.1. The lowest BCUT2D eigenvalue weighted by Crippen LogP contribution is -2.12. The van der Waals surface area contributed by atoms with Gasteiger partial charge in [0.25, 0.3) is 10.0 Å². The maximum Gasteiger partial charge on any atom is 0.269 e. The van der Waals surface area contributed by atoms with Gasteiger partial charge in [0.15, 0.2) is 5.65 Å².